The number of hydrogen-bond donors (Lipinski definition) is 1. The van der Waals surface area contributed by atoms with Crippen LogP contribution in [-0.2, 0) is 0 Å². The fraction of sp³-hybridized carbons (Fsp3) is 0.400. The van der Waals surface area contributed by atoms with E-state index in [2.05, 4.69) is 0 Å². The van der Waals surface area contributed by atoms with Gasteiger partial charge >= 0.3 is 6.18 Å². The summed E-state index contributed by atoms with van der Waals surface area (Å²) in [6, 6.07) is 2.53. The Morgan fingerprint density at radius 3 is 2.56 bits per heavy atom. The third-order valence-electron chi connectivity index (χ3n) is 2.33. The molecule has 0 aliphatic heterocycles. The van der Waals surface area contributed by atoms with Crippen molar-refractivity contribution >= 4 is 17.3 Å². The van der Waals surface area contributed by atoms with E-state index in [1.807, 2.05) is 0 Å². The Hall–Kier alpha value is -1.34. The van der Waals surface area contributed by atoms with Gasteiger partial charge in [0.1, 0.15) is 0 Å². The Bertz CT molecular complexity index is 451. The molecule has 0 aliphatic rings. The number of benzene rings is 1. The third kappa shape index (κ3) is 4.15. The molecule has 4 nitrogen and oxygen atoms in total. The molecule has 1 rings (SSSR count). The average molecular weight is 283 g/mol. The number of rotatable bonds is 4. The van der Waals surface area contributed by atoms with Crippen LogP contribution >= 0.6 is 11.6 Å². The molecule has 100 valence electrons. The van der Waals surface area contributed by atoms with Gasteiger partial charge in [0.15, 0.2) is 0 Å². The van der Waals surface area contributed by atoms with Crippen LogP contribution in [0.25, 0.3) is 0 Å². The van der Waals surface area contributed by atoms with Crippen molar-refractivity contribution in [3.8, 4) is 0 Å². The number of halogens is 4. The minimum Gasteiger partial charge on any atom is -0.324 e. The van der Waals surface area contributed by atoms with E-state index in [-0.39, 0.29) is 22.7 Å². The molecular formula is C10H10ClF3N2O2. The van der Waals surface area contributed by atoms with E-state index in [0.29, 0.717) is 0 Å². The van der Waals surface area contributed by atoms with Gasteiger partial charge in [-0.1, -0.05) is 11.6 Å². The lowest BCUT2D eigenvalue weighted by molar-refractivity contribution is -0.384. The molecule has 18 heavy (non-hydrogen) atoms. The molecular weight excluding hydrogens is 273 g/mol. The molecule has 1 aromatic carbocycles. The summed E-state index contributed by atoms with van der Waals surface area (Å²) in [7, 11) is 0. The number of hydrogen-bond acceptors (Lipinski definition) is 3. The molecule has 0 fully saturated rings. The van der Waals surface area contributed by atoms with Crippen molar-refractivity contribution in [1.82, 2.24) is 0 Å². The number of nitrogens with zero attached hydrogens (tertiary/aromatic N) is 1. The molecule has 1 atom stereocenters. The van der Waals surface area contributed by atoms with Crippen molar-refractivity contribution in [1.29, 1.82) is 0 Å². The van der Waals surface area contributed by atoms with Crippen molar-refractivity contribution in [3.63, 3.8) is 0 Å². The van der Waals surface area contributed by atoms with Crippen LogP contribution in [0.5, 0.6) is 0 Å². The smallest absolute Gasteiger partial charge is 0.324 e. The van der Waals surface area contributed by atoms with Gasteiger partial charge in [0.2, 0.25) is 0 Å². The van der Waals surface area contributed by atoms with Gasteiger partial charge in [-0.25, -0.2) is 0 Å². The molecule has 8 heteroatoms. The maximum atomic E-state index is 12.0. The summed E-state index contributed by atoms with van der Waals surface area (Å²) in [6.45, 7) is 0. The van der Waals surface area contributed by atoms with Gasteiger partial charge in [0.25, 0.3) is 5.69 Å². The highest BCUT2D eigenvalue weighted by molar-refractivity contribution is 6.31. The fourth-order valence-corrected chi connectivity index (χ4v) is 1.66. The average Bonchev–Trinajstić information content (AvgIpc) is 2.25. The monoisotopic (exact) mass is 282 g/mol. The molecule has 0 bridgehead atoms. The predicted molar refractivity (Wildman–Crippen MR) is 60.3 cm³/mol. The molecule has 0 heterocycles. The number of non-ortho nitro benzene ring substituents is 1. The maximum absolute atomic E-state index is 12.0. The highest BCUT2D eigenvalue weighted by Crippen LogP contribution is 2.31. The van der Waals surface area contributed by atoms with E-state index < -0.39 is 23.6 Å². The SMILES string of the molecule is N[C@@H](CCC(F)(F)F)c1cc([N+](=O)[O-])ccc1Cl. The molecule has 0 unspecified atom stereocenters. The van der Waals surface area contributed by atoms with E-state index in [1.165, 1.54) is 12.1 Å². The lowest BCUT2D eigenvalue weighted by Gasteiger charge is -2.14. The fourth-order valence-electron chi connectivity index (χ4n) is 1.40. The number of alkyl halides is 3. The first-order chi connectivity index (χ1) is 8.20. The minimum atomic E-state index is -4.31. The second kappa shape index (κ2) is 5.53. The van der Waals surface area contributed by atoms with Gasteiger partial charge in [-0.2, -0.15) is 13.2 Å². The van der Waals surface area contributed by atoms with Gasteiger partial charge in [-0.05, 0) is 18.1 Å². The van der Waals surface area contributed by atoms with Crippen molar-refractivity contribution in [2.24, 2.45) is 5.73 Å². The number of nitrogens with two attached hydrogens (primary N) is 1. The summed E-state index contributed by atoms with van der Waals surface area (Å²) in [5, 5.41) is 10.7. The molecule has 0 saturated carbocycles. The zero-order valence-electron chi connectivity index (χ0n) is 9.08. The van der Waals surface area contributed by atoms with Crippen molar-refractivity contribution in [2.75, 3.05) is 0 Å². The normalized spacial score (nSPS) is 13.4. The summed E-state index contributed by atoms with van der Waals surface area (Å²) in [4.78, 5) is 9.89. The second-order valence-corrected chi connectivity index (χ2v) is 4.13. The molecule has 0 spiro atoms. The van der Waals surface area contributed by atoms with E-state index in [9.17, 15) is 23.3 Å². The zero-order valence-corrected chi connectivity index (χ0v) is 9.83. The highest BCUT2D eigenvalue weighted by atomic mass is 35.5. The summed E-state index contributed by atoms with van der Waals surface area (Å²) < 4.78 is 36.1. The molecule has 1 aromatic rings. The van der Waals surface area contributed by atoms with Gasteiger partial charge in [-0.15, -0.1) is 0 Å². The molecule has 2 N–H and O–H groups in total. The topological polar surface area (TPSA) is 69.2 Å². The van der Waals surface area contributed by atoms with Crippen LogP contribution in [0.15, 0.2) is 18.2 Å². The highest BCUT2D eigenvalue weighted by Gasteiger charge is 2.28. The van der Waals surface area contributed by atoms with Crippen LogP contribution in [0.2, 0.25) is 5.02 Å². The summed E-state index contributed by atoms with van der Waals surface area (Å²) in [5.74, 6) is 0. The van der Waals surface area contributed by atoms with E-state index in [4.69, 9.17) is 17.3 Å². The zero-order chi connectivity index (χ0) is 13.9. The first-order valence-corrected chi connectivity index (χ1v) is 5.34. The lowest BCUT2D eigenvalue weighted by atomic mass is 10.0. The van der Waals surface area contributed by atoms with E-state index in [0.717, 1.165) is 6.07 Å². The van der Waals surface area contributed by atoms with Gasteiger partial charge in [0.05, 0.1) is 4.92 Å². The maximum Gasteiger partial charge on any atom is 0.389 e. The van der Waals surface area contributed by atoms with Gasteiger partial charge in [-0.3, -0.25) is 10.1 Å². The largest absolute Gasteiger partial charge is 0.389 e. The molecule has 0 aromatic heterocycles. The quantitative estimate of drug-likeness (QED) is 0.678. The first-order valence-electron chi connectivity index (χ1n) is 4.97. The Kier molecular flexibility index (Phi) is 4.53. The van der Waals surface area contributed by atoms with Crippen molar-refractivity contribution < 1.29 is 18.1 Å². The van der Waals surface area contributed by atoms with E-state index in [1.54, 1.807) is 0 Å². The summed E-state index contributed by atoms with van der Waals surface area (Å²) in [6.07, 6.45) is -5.75. The van der Waals surface area contributed by atoms with Gasteiger partial charge in [0, 0.05) is 29.6 Å². The van der Waals surface area contributed by atoms with Gasteiger partial charge < -0.3 is 5.73 Å². The van der Waals surface area contributed by atoms with Crippen LogP contribution in [0.1, 0.15) is 24.4 Å². The molecule has 0 saturated heterocycles. The van der Waals surface area contributed by atoms with Crippen LogP contribution in [0, 0.1) is 10.1 Å². The second-order valence-electron chi connectivity index (χ2n) is 3.72. The minimum absolute atomic E-state index is 0.121. The van der Waals surface area contributed by atoms with Crippen molar-refractivity contribution in [3.05, 3.63) is 38.9 Å². The predicted octanol–water partition coefficient (Wildman–Crippen LogP) is 3.59. The number of nitro benzene ring substituents is 1. The van der Waals surface area contributed by atoms with Crippen LogP contribution in [0.4, 0.5) is 18.9 Å². The van der Waals surface area contributed by atoms with Crippen LogP contribution in [0.3, 0.4) is 0 Å². The third-order valence-corrected chi connectivity index (χ3v) is 2.67. The molecule has 0 radical (unpaired) electrons. The van der Waals surface area contributed by atoms with Crippen LogP contribution in [-0.4, -0.2) is 11.1 Å². The standard InChI is InChI=1S/C10H10ClF3N2O2/c11-8-2-1-6(16(17)18)5-7(8)9(15)3-4-10(12,13)14/h1-2,5,9H,3-4,15H2/t9-/m0/s1. The summed E-state index contributed by atoms with van der Waals surface area (Å²) >= 11 is 5.76. The molecule has 0 aliphatic carbocycles. The summed E-state index contributed by atoms with van der Waals surface area (Å²) in [5.41, 5.74) is 5.46. The molecule has 0 amide bonds. The van der Waals surface area contributed by atoms with E-state index >= 15 is 0 Å². The number of nitro groups is 1. The lowest BCUT2D eigenvalue weighted by Crippen LogP contribution is -2.16. The Balaban J connectivity index is 2.87. The first kappa shape index (κ1) is 14.7. The Morgan fingerprint density at radius 1 is 1.44 bits per heavy atom. The van der Waals surface area contributed by atoms with Crippen LogP contribution < -0.4 is 5.73 Å². The Morgan fingerprint density at radius 2 is 2.06 bits per heavy atom. The Labute approximate surface area is 106 Å². The van der Waals surface area contributed by atoms with Crippen molar-refractivity contribution in [2.45, 2.75) is 25.1 Å².